The van der Waals surface area contributed by atoms with E-state index in [1.54, 1.807) is 6.20 Å². The first-order valence-corrected chi connectivity index (χ1v) is 6.26. The number of rotatable bonds is 6. The summed E-state index contributed by atoms with van der Waals surface area (Å²) in [4.78, 5) is 0. The average molecular weight is 245 g/mol. The van der Waals surface area contributed by atoms with Crippen LogP contribution in [-0.4, -0.2) is 16.4 Å². The van der Waals surface area contributed by atoms with Gasteiger partial charge >= 0.3 is 0 Å². The highest BCUT2D eigenvalue weighted by Crippen LogP contribution is 2.25. The molecule has 2 rings (SSSR count). The smallest absolute Gasteiger partial charge is 0.124 e. The summed E-state index contributed by atoms with van der Waals surface area (Å²) in [5.41, 5.74) is 7.13. The van der Waals surface area contributed by atoms with E-state index >= 15 is 0 Å². The van der Waals surface area contributed by atoms with Crippen LogP contribution in [0.3, 0.4) is 0 Å². The number of nitrogens with zero attached hydrogens (tertiary/aromatic N) is 2. The largest absolute Gasteiger partial charge is 0.491 e. The van der Waals surface area contributed by atoms with Gasteiger partial charge in [-0.1, -0.05) is 25.1 Å². The van der Waals surface area contributed by atoms with Crippen LogP contribution in [0.15, 0.2) is 42.7 Å². The SMILES string of the molecule is CCC(N)c1ccccc1OCCn1cccn1. The lowest BCUT2D eigenvalue weighted by atomic mass is 10.0. The number of hydrogen-bond acceptors (Lipinski definition) is 3. The van der Waals surface area contributed by atoms with Crippen LogP contribution in [0.4, 0.5) is 0 Å². The molecule has 0 fully saturated rings. The molecule has 2 N–H and O–H groups in total. The third-order valence-electron chi connectivity index (χ3n) is 2.90. The highest BCUT2D eigenvalue weighted by molar-refractivity contribution is 5.35. The predicted octanol–water partition coefficient (Wildman–Crippen LogP) is 2.37. The van der Waals surface area contributed by atoms with E-state index in [0.717, 1.165) is 24.3 Å². The quantitative estimate of drug-likeness (QED) is 0.850. The average Bonchev–Trinajstić information content (AvgIpc) is 2.92. The highest BCUT2D eigenvalue weighted by Gasteiger charge is 2.09. The monoisotopic (exact) mass is 245 g/mol. The minimum atomic E-state index is 0.0332. The number of ether oxygens (including phenoxy) is 1. The van der Waals surface area contributed by atoms with Crippen LogP contribution in [0.5, 0.6) is 5.75 Å². The van der Waals surface area contributed by atoms with E-state index in [4.69, 9.17) is 10.5 Å². The number of hydrogen-bond donors (Lipinski definition) is 1. The van der Waals surface area contributed by atoms with Gasteiger partial charge in [-0.15, -0.1) is 0 Å². The van der Waals surface area contributed by atoms with Gasteiger partial charge in [0.2, 0.25) is 0 Å². The molecule has 0 bridgehead atoms. The molecule has 1 aromatic heterocycles. The molecule has 0 aliphatic rings. The van der Waals surface area contributed by atoms with Crippen molar-refractivity contribution in [3.05, 3.63) is 48.3 Å². The third-order valence-corrected chi connectivity index (χ3v) is 2.90. The molecule has 1 atom stereocenters. The molecule has 4 nitrogen and oxygen atoms in total. The molecule has 0 saturated carbocycles. The summed E-state index contributed by atoms with van der Waals surface area (Å²) in [7, 11) is 0. The molecular formula is C14H19N3O. The predicted molar refractivity (Wildman–Crippen MR) is 71.4 cm³/mol. The lowest BCUT2D eigenvalue weighted by Crippen LogP contribution is -2.13. The minimum Gasteiger partial charge on any atom is -0.491 e. The standard InChI is InChI=1S/C14H19N3O/c1-2-13(15)12-6-3-4-7-14(12)18-11-10-17-9-5-8-16-17/h3-9,13H,2,10-11,15H2,1H3. The summed E-state index contributed by atoms with van der Waals surface area (Å²) in [6.07, 6.45) is 4.59. The van der Waals surface area contributed by atoms with Gasteiger partial charge in [-0.05, 0) is 18.6 Å². The second-order valence-corrected chi connectivity index (χ2v) is 4.17. The van der Waals surface area contributed by atoms with Crippen molar-refractivity contribution in [1.82, 2.24) is 9.78 Å². The second-order valence-electron chi connectivity index (χ2n) is 4.17. The normalized spacial score (nSPS) is 12.3. The first-order valence-electron chi connectivity index (χ1n) is 6.26. The minimum absolute atomic E-state index is 0.0332. The maximum atomic E-state index is 6.06. The van der Waals surface area contributed by atoms with Gasteiger partial charge in [0.25, 0.3) is 0 Å². The lowest BCUT2D eigenvalue weighted by Gasteiger charge is -2.15. The Morgan fingerprint density at radius 3 is 2.89 bits per heavy atom. The Hall–Kier alpha value is -1.81. The fourth-order valence-corrected chi connectivity index (χ4v) is 1.82. The Balaban J connectivity index is 1.96. The van der Waals surface area contributed by atoms with E-state index in [0.29, 0.717) is 6.61 Å². The first kappa shape index (κ1) is 12.6. The number of nitrogens with two attached hydrogens (primary N) is 1. The van der Waals surface area contributed by atoms with E-state index in [-0.39, 0.29) is 6.04 Å². The van der Waals surface area contributed by atoms with E-state index in [1.807, 2.05) is 41.2 Å². The zero-order valence-electron chi connectivity index (χ0n) is 10.6. The fourth-order valence-electron chi connectivity index (χ4n) is 1.82. The number of benzene rings is 1. The van der Waals surface area contributed by atoms with Crippen molar-refractivity contribution in [3.63, 3.8) is 0 Å². The third kappa shape index (κ3) is 3.11. The van der Waals surface area contributed by atoms with Crippen molar-refractivity contribution in [2.24, 2.45) is 5.73 Å². The van der Waals surface area contributed by atoms with Gasteiger partial charge in [-0.2, -0.15) is 5.10 Å². The molecule has 18 heavy (non-hydrogen) atoms. The summed E-state index contributed by atoms with van der Waals surface area (Å²) < 4.78 is 7.64. The molecular weight excluding hydrogens is 226 g/mol. The molecule has 1 unspecified atom stereocenters. The maximum absolute atomic E-state index is 6.06. The van der Waals surface area contributed by atoms with Gasteiger partial charge in [-0.3, -0.25) is 4.68 Å². The lowest BCUT2D eigenvalue weighted by molar-refractivity contribution is 0.287. The van der Waals surface area contributed by atoms with E-state index in [1.165, 1.54) is 0 Å². The molecule has 1 aromatic carbocycles. The van der Waals surface area contributed by atoms with Crippen LogP contribution in [0.2, 0.25) is 0 Å². The summed E-state index contributed by atoms with van der Waals surface area (Å²) in [6.45, 7) is 3.41. The Bertz CT molecular complexity index is 468. The second kappa shape index (κ2) is 6.21. The van der Waals surface area contributed by atoms with Crippen molar-refractivity contribution in [2.45, 2.75) is 25.9 Å². The Labute approximate surface area is 107 Å². The molecule has 0 saturated heterocycles. The summed E-state index contributed by atoms with van der Waals surface area (Å²) in [5.74, 6) is 0.874. The van der Waals surface area contributed by atoms with Crippen LogP contribution in [0, 0.1) is 0 Å². The van der Waals surface area contributed by atoms with Gasteiger partial charge in [0.1, 0.15) is 12.4 Å². The van der Waals surface area contributed by atoms with Crippen LogP contribution >= 0.6 is 0 Å². The van der Waals surface area contributed by atoms with Gasteiger partial charge in [0.05, 0.1) is 6.54 Å². The molecule has 1 heterocycles. The first-order chi connectivity index (χ1) is 8.81. The zero-order chi connectivity index (χ0) is 12.8. The van der Waals surface area contributed by atoms with Gasteiger partial charge < -0.3 is 10.5 Å². The van der Waals surface area contributed by atoms with E-state index in [9.17, 15) is 0 Å². The Morgan fingerprint density at radius 1 is 1.33 bits per heavy atom. The van der Waals surface area contributed by atoms with Crippen molar-refractivity contribution < 1.29 is 4.74 Å². The summed E-state index contributed by atoms with van der Waals surface area (Å²) in [6, 6.07) is 9.89. The van der Waals surface area contributed by atoms with Crippen LogP contribution < -0.4 is 10.5 Å². The Kier molecular flexibility index (Phi) is 4.36. The van der Waals surface area contributed by atoms with Crippen molar-refractivity contribution in [1.29, 1.82) is 0 Å². The van der Waals surface area contributed by atoms with Crippen molar-refractivity contribution >= 4 is 0 Å². The van der Waals surface area contributed by atoms with Crippen molar-refractivity contribution in [3.8, 4) is 5.75 Å². The molecule has 0 spiro atoms. The molecule has 0 aliphatic heterocycles. The van der Waals surface area contributed by atoms with Crippen LogP contribution in [0.25, 0.3) is 0 Å². The van der Waals surface area contributed by atoms with Crippen LogP contribution in [0.1, 0.15) is 24.9 Å². The Morgan fingerprint density at radius 2 is 2.17 bits per heavy atom. The van der Waals surface area contributed by atoms with Crippen LogP contribution in [-0.2, 0) is 6.54 Å². The van der Waals surface area contributed by atoms with Gasteiger partial charge in [-0.25, -0.2) is 0 Å². The van der Waals surface area contributed by atoms with Crippen molar-refractivity contribution in [2.75, 3.05) is 6.61 Å². The molecule has 0 radical (unpaired) electrons. The van der Waals surface area contributed by atoms with Gasteiger partial charge in [0, 0.05) is 24.0 Å². The zero-order valence-corrected chi connectivity index (χ0v) is 10.6. The fraction of sp³-hybridized carbons (Fsp3) is 0.357. The molecule has 0 amide bonds. The summed E-state index contributed by atoms with van der Waals surface area (Å²) >= 11 is 0. The van der Waals surface area contributed by atoms with E-state index < -0.39 is 0 Å². The maximum Gasteiger partial charge on any atom is 0.124 e. The number of aromatic nitrogens is 2. The summed E-state index contributed by atoms with van der Waals surface area (Å²) in [5, 5.41) is 4.13. The highest BCUT2D eigenvalue weighted by atomic mass is 16.5. The number of para-hydroxylation sites is 1. The molecule has 96 valence electrons. The molecule has 4 heteroatoms. The van der Waals surface area contributed by atoms with Gasteiger partial charge in [0.15, 0.2) is 0 Å². The topological polar surface area (TPSA) is 53.1 Å². The molecule has 0 aliphatic carbocycles. The molecule has 2 aromatic rings. The van der Waals surface area contributed by atoms with E-state index in [2.05, 4.69) is 12.0 Å².